The summed E-state index contributed by atoms with van der Waals surface area (Å²) in [4.78, 5) is 11.3. The van der Waals surface area contributed by atoms with Gasteiger partial charge in [-0.25, -0.2) is 4.98 Å². The Bertz CT molecular complexity index is 519. The van der Waals surface area contributed by atoms with Crippen molar-refractivity contribution >= 4 is 11.3 Å². The molecule has 0 bridgehead atoms. The van der Waals surface area contributed by atoms with E-state index in [1.165, 1.54) is 10.6 Å². The van der Waals surface area contributed by atoms with Crippen LogP contribution in [-0.4, -0.2) is 41.0 Å². The van der Waals surface area contributed by atoms with Gasteiger partial charge in [-0.2, -0.15) is 0 Å². The van der Waals surface area contributed by atoms with Crippen LogP contribution in [0.4, 0.5) is 0 Å². The summed E-state index contributed by atoms with van der Waals surface area (Å²) in [6, 6.07) is 4.47. The number of rotatable bonds is 3. The van der Waals surface area contributed by atoms with Gasteiger partial charge in [0, 0.05) is 49.6 Å². The lowest BCUT2D eigenvalue weighted by Gasteiger charge is -2.34. The van der Waals surface area contributed by atoms with Crippen LogP contribution in [0.15, 0.2) is 29.9 Å². The van der Waals surface area contributed by atoms with Crippen LogP contribution in [0.3, 0.4) is 0 Å². The standard InChI is InChI=1S/C14H18N4S/c1-11-10-19-14(17-11)13(12-2-4-15-5-3-12)18-8-6-16-7-9-18/h2-5,10,13,16H,6-9H2,1H3. The van der Waals surface area contributed by atoms with Crippen LogP contribution in [0.1, 0.15) is 22.3 Å². The maximum absolute atomic E-state index is 4.70. The van der Waals surface area contributed by atoms with Crippen molar-refractivity contribution < 1.29 is 0 Å². The van der Waals surface area contributed by atoms with Crippen molar-refractivity contribution in [3.05, 3.63) is 46.2 Å². The Hall–Kier alpha value is -1.30. The highest BCUT2D eigenvalue weighted by Crippen LogP contribution is 2.30. The Balaban J connectivity index is 1.95. The van der Waals surface area contributed by atoms with Gasteiger partial charge in [0.2, 0.25) is 0 Å². The molecule has 0 spiro atoms. The molecule has 4 nitrogen and oxygen atoms in total. The third-order valence-corrected chi connectivity index (χ3v) is 4.42. The maximum atomic E-state index is 4.70. The fraction of sp³-hybridized carbons (Fsp3) is 0.429. The van der Waals surface area contributed by atoms with E-state index in [1.807, 2.05) is 12.4 Å². The fourth-order valence-corrected chi connectivity index (χ4v) is 3.45. The molecule has 1 saturated heterocycles. The Morgan fingerprint density at radius 3 is 2.63 bits per heavy atom. The van der Waals surface area contributed by atoms with E-state index in [1.54, 1.807) is 11.3 Å². The van der Waals surface area contributed by atoms with Crippen LogP contribution in [0.2, 0.25) is 0 Å². The molecule has 0 saturated carbocycles. The fourth-order valence-electron chi connectivity index (χ4n) is 2.49. The summed E-state index contributed by atoms with van der Waals surface area (Å²) in [6.45, 7) is 6.27. The van der Waals surface area contributed by atoms with E-state index < -0.39 is 0 Å². The topological polar surface area (TPSA) is 41.1 Å². The SMILES string of the molecule is Cc1csc(C(c2ccncc2)N2CCNCC2)n1. The Morgan fingerprint density at radius 2 is 2.00 bits per heavy atom. The molecule has 2 aromatic heterocycles. The average molecular weight is 274 g/mol. The molecule has 1 atom stereocenters. The second-order valence-electron chi connectivity index (χ2n) is 4.80. The summed E-state index contributed by atoms with van der Waals surface area (Å²) in [5.74, 6) is 0. The van der Waals surface area contributed by atoms with Gasteiger partial charge in [-0.15, -0.1) is 11.3 Å². The third kappa shape index (κ3) is 2.83. The highest BCUT2D eigenvalue weighted by Gasteiger charge is 2.25. The minimum absolute atomic E-state index is 0.267. The molecule has 3 rings (SSSR count). The summed E-state index contributed by atoms with van der Waals surface area (Å²) in [5.41, 5.74) is 2.39. The minimum Gasteiger partial charge on any atom is -0.314 e. The lowest BCUT2D eigenvalue weighted by atomic mass is 10.1. The van der Waals surface area contributed by atoms with Crippen molar-refractivity contribution in [2.24, 2.45) is 0 Å². The minimum atomic E-state index is 0.267. The number of aromatic nitrogens is 2. The van der Waals surface area contributed by atoms with Crippen molar-refractivity contribution in [1.29, 1.82) is 0 Å². The lowest BCUT2D eigenvalue weighted by Crippen LogP contribution is -2.45. The van der Waals surface area contributed by atoms with E-state index >= 15 is 0 Å². The third-order valence-electron chi connectivity index (χ3n) is 3.41. The molecule has 19 heavy (non-hydrogen) atoms. The number of piperazine rings is 1. The molecule has 1 fully saturated rings. The van der Waals surface area contributed by atoms with E-state index in [9.17, 15) is 0 Å². The normalized spacial score (nSPS) is 18.4. The molecule has 0 aliphatic carbocycles. The lowest BCUT2D eigenvalue weighted by molar-refractivity contribution is 0.198. The van der Waals surface area contributed by atoms with Crippen molar-refractivity contribution in [3.8, 4) is 0 Å². The highest BCUT2D eigenvalue weighted by atomic mass is 32.1. The van der Waals surface area contributed by atoms with Crippen molar-refractivity contribution in [3.63, 3.8) is 0 Å². The van der Waals surface area contributed by atoms with Gasteiger partial charge in [-0.05, 0) is 24.6 Å². The van der Waals surface area contributed by atoms with E-state index in [2.05, 4.69) is 39.6 Å². The Labute approximate surface area is 117 Å². The van der Waals surface area contributed by atoms with Gasteiger partial charge in [-0.1, -0.05) is 0 Å². The van der Waals surface area contributed by atoms with Gasteiger partial charge in [0.1, 0.15) is 5.01 Å². The van der Waals surface area contributed by atoms with Gasteiger partial charge in [-0.3, -0.25) is 9.88 Å². The maximum Gasteiger partial charge on any atom is 0.115 e. The molecule has 2 aromatic rings. The van der Waals surface area contributed by atoms with Crippen LogP contribution in [0.5, 0.6) is 0 Å². The number of nitrogens with one attached hydrogen (secondary N) is 1. The predicted molar refractivity (Wildman–Crippen MR) is 77.4 cm³/mol. The summed E-state index contributed by atoms with van der Waals surface area (Å²) in [6.07, 6.45) is 3.73. The van der Waals surface area contributed by atoms with Crippen LogP contribution < -0.4 is 5.32 Å². The van der Waals surface area contributed by atoms with Crippen LogP contribution >= 0.6 is 11.3 Å². The zero-order valence-corrected chi connectivity index (χ0v) is 11.9. The van der Waals surface area contributed by atoms with E-state index in [0.29, 0.717) is 0 Å². The van der Waals surface area contributed by atoms with Crippen LogP contribution in [0.25, 0.3) is 0 Å². The van der Waals surface area contributed by atoms with Gasteiger partial charge >= 0.3 is 0 Å². The van der Waals surface area contributed by atoms with E-state index in [-0.39, 0.29) is 6.04 Å². The van der Waals surface area contributed by atoms with Crippen molar-refractivity contribution in [2.45, 2.75) is 13.0 Å². The first-order valence-electron chi connectivity index (χ1n) is 6.61. The molecule has 0 aromatic carbocycles. The molecule has 0 amide bonds. The summed E-state index contributed by atoms with van der Waals surface area (Å²) < 4.78 is 0. The number of hydrogen-bond acceptors (Lipinski definition) is 5. The van der Waals surface area contributed by atoms with Crippen molar-refractivity contribution in [1.82, 2.24) is 20.2 Å². The Kier molecular flexibility index (Phi) is 3.87. The zero-order chi connectivity index (χ0) is 13.1. The number of thiazole rings is 1. The first-order valence-corrected chi connectivity index (χ1v) is 7.49. The first kappa shape index (κ1) is 12.7. The number of aryl methyl sites for hydroxylation is 1. The summed E-state index contributed by atoms with van der Waals surface area (Å²) in [5, 5.41) is 6.72. The highest BCUT2D eigenvalue weighted by molar-refractivity contribution is 7.09. The molecule has 100 valence electrons. The second-order valence-corrected chi connectivity index (χ2v) is 5.69. The molecule has 1 unspecified atom stereocenters. The molecule has 5 heteroatoms. The first-order chi connectivity index (χ1) is 9.34. The summed E-state index contributed by atoms with van der Waals surface area (Å²) in [7, 11) is 0. The van der Waals surface area contributed by atoms with E-state index in [0.717, 1.165) is 31.9 Å². The summed E-state index contributed by atoms with van der Waals surface area (Å²) >= 11 is 1.75. The molecule has 1 aliphatic rings. The number of pyridine rings is 1. The molecule has 3 heterocycles. The van der Waals surface area contributed by atoms with Gasteiger partial charge in [0.25, 0.3) is 0 Å². The quantitative estimate of drug-likeness (QED) is 0.927. The monoisotopic (exact) mass is 274 g/mol. The van der Waals surface area contributed by atoms with Gasteiger partial charge in [0.15, 0.2) is 0 Å². The molecule has 1 aliphatic heterocycles. The van der Waals surface area contributed by atoms with Gasteiger partial charge in [0.05, 0.1) is 6.04 Å². The molecular formula is C14H18N4S. The molecule has 0 radical (unpaired) electrons. The molecular weight excluding hydrogens is 256 g/mol. The van der Waals surface area contributed by atoms with Crippen LogP contribution in [-0.2, 0) is 0 Å². The van der Waals surface area contributed by atoms with Gasteiger partial charge < -0.3 is 5.32 Å². The smallest absolute Gasteiger partial charge is 0.115 e. The average Bonchev–Trinajstić information content (AvgIpc) is 2.88. The predicted octanol–water partition coefficient (Wildman–Crippen LogP) is 1.84. The number of hydrogen-bond donors (Lipinski definition) is 1. The second kappa shape index (κ2) is 5.77. The van der Waals surface area contributed by atoms with E-state index in [4.69, 9.17) is 4.98 Å². The van der Waals surface area contributed by atoms with Crippen molar-refractivity contribution in [2.75, 3.05) is 26.2 Å². The van der Waals surface area contributed by atoms with Crippen LogP contribution in [0, 0.1) is 6.92 Å². The Morgan fingerprint density at radius 1 is 1.26 bits per heavy atom. The zero-order valence-electron chi connectivity index (χ0n) is 11.0. The number of nitrogens with zero attached hydrogens (tertiary/aromatic N) is 3. The molecule has 1 N–H and O–H groups in total. The largest absolute Gasteiger partial charge is 0.314 e.